The van der Waals surface area contributed by atoms with Crippen LogP contribution >= 0.6 is 15.9 Å². The van der Waals surface area contributed by atoms with Gasteiger partial charge in [-0.3, -0.25) is 0 Å². The van der Waals surface area contributed by atoms with Crippen molar-refractivity contribution in [3.63, 3.8) is 0 Å². The van der Waals surface area contributed by atoms with E-state index in [0.717, 1.165) is 10.2 Å². The third-order valence-electron chi connectivity index (χ3n) is 2.69. The van der Waals surface area contributed by atoms with Gasteiger partial charge in [-0.15, -0.1) is 0 Å². The van der Waals surface area contributed by atoms with E-state index < -0.39 is 0 Å². The van der Waals surface area contributed by atoms with E-state index in [2.05, 4.69) is 40.2 Å². The molecule has 0 fully saturated rings. The normalized spacial score (nSPS) is 26.9. The summed E-state index contributed by atoms with van der Waals surface area (Å²) in [5, 5.41) is 0. The van der Waals surface area contributed by atoms with Gasteiger partial charge < -0.3 is 4.74 Å². The van der Waals surface area contributed by atoms with Crippen LogP contribution in [0.2, 0.25) is 0 Å². The summed E-state index contributed by atoms with van der Waals surface area (Å²) in [5.74, 6) is 1.39. The zero-order valence-corrected chi connectivity index (χ0v) is 9.07. The van der Waals surface area contributed by atoms with Crippen LogP contribution < -0.4 is 4.74 Å². The lowest BCUT2D eigenvalue weighted by atomic mass is 9.92. The molecule has 2 atom stereocenters. The molecule has 0 spiro atoms. The van der Waals surface area contributed by atoms with Crippen molar-refractivity contribution in [2.75, 3.05) is 0 Å². The van der Waals surface area contributed by atoms with Crippen molar-refractivity contribution in [3.05, 3.63) is 52.5 Å². The second-order valence-electron chi connectivity index (χ2n) is 3.53. The Morgan fingerprint density at radius 3 is 2.93 bits per heavy atom. The minimum Gasteiger partial charge on any atom is -0.485 e. The first-order chi connectivity index (χ1) is 6.86. The molecule has 2 heteroatoms. The molecule has 14 heavy (non-hydrogen) atoms. The maximum Gasteiger partial charge on any atom is 0.128 e. The van der Waals surface area contributed by atoms with Crippen LogP contribution in [0.15, 0.2) is 47.0 Å². The molecule has 3 rings (SSSR count). The van der Waals surface area contributed by atoms with E-state index in [4.69, 9.17) is 4.74 Å². The highest BCUT2D eigenvalue weighted by Gasteiger charge is 2.33. The fraction of sp³-hybridized carbons (Fsp3) is 0.167. The maximum absolute atomic E-state index is 5.82. The summed E-state index contributed by atoms with van der Waals surface area (Å²) in [6, 6.07) is 6.10. The molecule has 1 aliphatic carbocycles. The second kappa shape index (κ2) is 2.99. The van der Waals surface area contributed by atoms with Gasteiger partial charge in [0.1, 0.15) is 11.9 Å². The molecule has 1 aromatic rings. The molecule has 0 saturated heterocycles. The van der Waals surface area contributed by atoms with E-state index in [1.165, 1.54) is 5.56 Å². The van der Waals surface area contributed by atoms with Crippen LogP contribution in [-0.2, 0) is 0 Å². The van der Waals surface area contributed by atoms with Crippen LogP contribution in [0.25, 0.3) is 0 Å². The number of hydrogen-bond donors (Lipinski definition) is 0. The summed E-state index contributed by atoms with van der Waals surface area (Å²) in [7, 11) is 0. The van der Waals surface area contributed by atoms with Crippen molar-refractivity contribution in [2.24, 2.45) is 0 Å². The Hall–Kier alpha value is -1.02. The van der Waals surface area contributed by atoms with E-state index in [-0.39, 0.29) is 6.10 Å². The fourth-order valence-electron chi connectivity index (χ4n) is 2.05. The van der Waals surface area contributed by atoms with Gasteiger partial charge in [0.2, 0.25) is 0 Å². The van der Waals surface area contributed by atoms with Gasteiger partial charge in [-0.2, -0.15) is 0 Å². The molecular weight excluding hydrogens is 240 g/mol. The Morgan fingerprint density at radius 2 is 2.00 bits per heavy atom. The van der Waals surface area contributed by atoms with Crippen molar-refractivity contribution in [1.82, 2.24) is 0 Å². The van der Waals surface area contributed by atoms with E-state index in [1.54, 1.807) is 0 Å². The first-order valence-electron chi connectivity index (χ1n) is 4.66. The van der Waals surface area contributed by atoms with Crippen molar-refractivity contribution >= 4 is 15.9 Å². The second-order valence-corrected chi connectivity index (χ2v) is 4.38. The smallest absolute Gasteiger partial charge is 0.128 e. The van der Waals surface area contributed by atoms with Crippen LogP contribution in [0.1, 0.15) is 11.5 Å². The zero-order valence-electron chi connectivity index (χ0n) is 7.48. The van der Waals surface area contributed by atoms with Gasteiger partial charge in [0, 0.05) is 16.0 Å². The Bertz CT molecular complexity index is 434. The molecule has 0 radical (unpaired) electrons. The minimum atomic E-state index is 0.189. The van der Waals surface area contributed by atoms with Crippen LogP contribution in [0.5, 0.6) is 5.75 Å². The lowest BCUT2D eigenvalue weighted by Gasteiger charge is -2.14. The number of rotatable bonds is 0. The van der Waals surface area contributed by atoms with Crippen LogP contribution in [0.4, 0.5) is 0 Å². The van der Waals surface area contributed by atoms with E-state index in [9.17, 15) is 0 Å². The minimum absolute atomic E-state index is 0.189. The molecule has 0 aromatic heterocycles. The summed E-state index contributed by atoms with van der Waals surface area (Å²) in [6.45, 7) is 0. The zero-order chi connectivity index (χ0) is 9.54. The maximum atomic E-state index is 5.82. The van der Waals surface area contributed by atoms with Gasteiger partial charge in [0.05, 0.1) is 0 Å². The standard InChI is InChI=1S/C12H9BrO/c13-9-5-3-7-11-12(9)8-4-1-2-6-10(8)14-11/h1-8,10H. The number of halogens is 1. The molecule has 0 amide bonds. The van der Waals surface area contributed by atoms with Crippen molar-refractivity contribution in [3.8, 4) is 5.75 Å². The highest BCUT2D eigenvalue weighted by Crippen LogP contribution is 2.44. The molecule has 0 N–H and O–H groups in total. The Morgan fingerprint density at radius 1 is 1.14 bits per heavy atom. The summed E-state index contributed by atoms with van der Waals surface area (Å²) >= 11 is 3.57. The average molecular weight is 249 g/mol. The molecule has 70 valence electrons. The number of ether oxygens (including phenoxy) is 1. The molecule has 1 nitrogen and oxygen atoms in total. The number of hydrogen-bond acceptors (Lipinski definition) is 1. The lowest BCUT2D eigenvalue weighted by molar-refractivity contribution is 0.269. The first-order valence-corrected chi connectivity index (χ1v) is 5.45. The molecule has 1 aromatic carbocycles. The van der Waals surface area contributed by atoms with E-state index in [1.807, 2.05) is 18.2 Å². The highest BCUT2D eigenvalue weighted by molar-refractivity contribution is 9.10. The van der Waals surface area contributed by atoms with Gasteiger partial charge in [-0.1, -0.05) is 40.2 Å². The molecule has 0 bridgehead atoms. The summed E-state index contributed by atoms with van der Waals surface area (Å²) in [4.78, 5) is 0. The third-order valence-corrected chi connectivity index (χ3v) is 3.39. The lowest BCUT2D eigenvalue weighted by Crippen LogP contribution is -2.15. The molecule has 2 aliphatic rings. The van der Waals surface area contributed by atoms with Crippen LogP contribution in [-0.4, -0.2) is 6.10 Å². The quantitative estimate of drug-likeness (QED) is 0.684. The number of benzene rings is 1. The molecule has 0 saturated carbocycles. The monoisotopic (exact) mass is 248 g/mol. The van der Waals surface area contributed by atoms with Gasteiger partial charge in [-0.05, 0) is 18.2 Å². The predicted molar refractivity (Wildman–Crippen MR) is 59.6 cm³/mol. The summed E-state index contributed by atoms with van der Waals surface area (Å²) in [5.41, 5.74) is 1.28. The SMILES string of the molecule is Brc1cccc2c1C1C=CC=CC1O2. The Labute approximate surface area is 91.2 Å². The summed E-state index contributed by atoms with van der Waals surface area (Å²) < 4.78 is 6.96. The Balaban J connectivity index is 2.17. The predicted octanol–water partition coefficient (Wildman–Crippen LogP) is 3.42. The van der Waals surface area contributed by atoms with Gasteiger partial charge >= 0.3 is 0 Å². The number of allylic oxidation sites excluding steroid dienone is 2. The van der Waals surface area contributed by atoms with Gasteiger partial charge in [0.25, 0.3) is 0 Å². The first kappa shape index (κ1) is 8.30. The average Bonchev–Trinajstić information content (AvgIpc) is 2.57. The highest BCUT2D eigenvalue weighted by atomic mass is 79.9. The topological polar surface area (TPSA) is 9.23 Å². The summed E-state index contributed by atoms with van der Waals surface area (Å²) in [6.07, 6.45) is 8.62. The van der Waals surface area contributed by atoms with Crippen LogP contribution in [0.3, 0.4) is 0 Å². The third kappa shape index (κ3) is 1.07. The molecule has 1 heterocycles. The van der Waals surface area contributed by atoms with Crippen LogP contribution in [0, 0.1) is 0 Å². The van der Waals surface area contributed by atoms with E-state index >= 15 is 0 Å². The fourth-order valence-corrected chi connectivity index (χ4v) is 2.66. The largest absolute Gasteiger partial charge is 0.485 e. The Kier molecular flexibility index (Phi) is 1.77. The van der Waals surface area contributed by atoms with Crippen molar-refractivity contribution in [1.29, 1.82) is 0 Å². The molecule has 1 aliphatic heterocycles. The molecular formula is C12H9BrO. The molecule has 2 unspecified atom stereocenters. The van der Waals surface area contributed by atoms with Crippen molar-refractivity contribution in [2.45, 2.75) is 12.0 Å². The number of fused-ring (bicyclic) bond motifs is 3. The van der Waals surface area contributed by atoms with E-state index in [0.29, 0.717) is 5.92 Å². The van der Waals surface area contributed by atoms with Gasteiger partial charge in [0.15, 0.2) is 0 Å². The van der Waals surface area contributed by atoms with Gasteiger partial charge in [-0.25, -0.2) is 0 Å². The van der Waals surface area contributed by atoms with Crippen molar-refractivity contribution < 1.29 is 4.74 Å².